The molecule has 0 saturated heterocycles. The Morgan fingerprint density at radius 3 is 2.81 bits per heavy atom. The third kappa shape index (κ3) is 3.57. The highest BCUT2D eigenvalue weighted by molar-refractivity contribution is 7.16. The van der Waals surface area contributed by atoms with E-state index in [9.17, 15) is 0 Å². The third-order valence-electron chi connectivity index (χ3n) is 4.90. The summed E-state index contributed by atoms with van der Waals surface area (Å²) in [5.74, 6) is 0.869. The van der Waals surface area contributed by atoms with Crippen LogP contribution in [0, 0.1) is 11.3 Å². The second-order valence-electron chi connectivity index (χ2n) is 7.45. The molecule has 21 heavy (non-hydrogen) atoms. The Morgan fingerprint density at radius 1 is 1.14 bits per heavy atom. The molecule has 2 atom stereocenters. The predicted octanol–water partition coefficient (Wildman–Crippen LogP) is 5.70. The Labute approximate surface area is 132 Å². The molecule has 1 fully saturated rings. The Kier molecular flexibility index (Phi) is 4.21. The van der Waals surface area contributed by atoms with Crippen molar-refractivity contribution in [3.05, 3.63) is 23.7 Å². The fraction of sp³-hybridized carbons (Fsp3) is 0.611. The predicted molar refractivity (Wildman–Crippen MR) is 93.1 cm³/mol. The molecule has 1 saturated carbocycles. The van der Waals surface area contributed by atoms with Gasteiger partial charge in [-0.2, -0.15) is 0 Å². The van der Waals surface area contributed by atoms with Gasteiger partial charge >= 0.3 is 0 Å². The van der Waals surface area contributed by atoms with Crippen LogP contribution < -0.4 is 5.32 Å². The van der Waals surface area contributed by atoms with Gasteiger partial charge in [0.25, 0.3) is 0 Å². The number of anilines is 1. The van der Waals surface area contributed by atoms with E-state index >= 15 is 0 Å². The summed E-state index contributed by atoms with van der Waals surface area (Å²) < 4.78 is 1.28. The maximum atomic E-state index is 4.35. The van der Waals surface area contributed by atoms with Crippen LogP contribution in [0.4, 0.5) is 5.69 Å². The summed E-state index contributed by atoms with van der Waals surface area (Å²) in [4.78, 5) is 4.35. The van der Waals surface area contributed by atoms with Crippen molar-refractivity contribution in [2.45, 2.75) is 58.9 Å². The van der Waals surface area contributed by atoms with Crippen LogP contribution in [0.25, 0.3) is 10.2 Å². The number of fused-ring (bicyclic) bond motifs is 1. The van der Waals surface area contributed by atoms with Gasteiger partial charge in [-0.15, -0.1) is 11.3 Å². The molecule has 1 aliphatic rings. The van der Waals surface area contributed by atoms with Gasteiger partial charge in [0.2, 0.25) is 0 Å². The van der Waals surface area contributed by atoms with Crippen LogP contribution in [0.15, 0.2) is 23.7 Å². The molecule has 1 heterocycles. The molecule has 0 aliphatic heterocycles. The average Bonchev–Trinajstić information content (AvgIpc) is 2.75. The van der Waals surface area contributed by atoms with Crippen molar-refractivity contribution in [2.24, 2.45) is 11.3 Å². The van der Waals surface area contributed by atoms with Gasteiger partial charge in [0.1, 0.15) is 0 Å². The molecule has 2 nitrogen and oxygen atoms in total. The van der Waals surface area contributed by atoms with Gasteiger partial charge in [-0.25, -0.2) is 4.98 Å². The van der Waals surface area contributed by atoms with Gasteiger partial charge < -0.3 is 5.32 Å². The molecular formula is C18H26N2S. The number of nitrogens with one attached hydrogen (secondary N) is 1. The van der Waals surface area contributed by atoms with E-state index in [2.05, 4.69) is 49.3 Å². The topological polar surface area (TPSA) is 24.9 Å². The molecule has 1 N–H and O–H groups in total. The molecule has 1 aliphatic carbocycles. The van der Waals surface area contributed by atoms with Gasteiger partial charge in [-0.1, -0.05) is 27.2 Å². The zero-order chi connectivity index (χ0) is 14.9. The van der Waals surface area contributed by atoms with Gasteiger partial charge in [0, 0.05) is 11.7 Å². The third-order valence-corrected chi connectivity index (χ3v) is 5.69. The lowest BCUT2D eigenvalue weighted by Crippen LogP contribution is -2.21. The lowest BCUT2D eigenvalue weighted by molar-refractivity contribution is 0.214. The highest BCUT2D eigenvalue weighted by Gasteiger charge is 2.27. The van der Waals surface area contributed by atoms with Crippen LogP contribution >= 0.6 is 11.3 Å². The van der Waals surface area contributed by atoms with Gasteiger partial charge in [-0.3, -0.25) is 0 Å². The summed E-state index contributed by atoms with van der Waals surface area (Å²) in [6.45, 7) is 7.18. The molecular weight excluding hydrogens is 276 g/mol. The Hall–Kier alpha value is -1.09. The van der Waals surface area contributed by atoms with Crippen molar-refractivity contribution in [1.82, 2.24) is 4.98 Å². The minimum absolute atomic E-state index is 0.455. The number of aromatic nitrogens is 1. The van der Waals surface area contributed by atoms with Crippen molar-refractivity contribution < 1.29 is 0 Å². The highest BCUT2D eigenvalue weighted by Crippen LogP contribution is 2.37. The van der Waals surface area contributed by atoms with Gasteiger partial charge in [0.15, 0.2) is 0 Å². The Balaban J connectivity index is 1.65. The van der Waals surface area contributed by atoms with Crippen molar-refractivity contribution in [3.8, 4) is 0 Å². The smallest absolute Gasteiger partial charge is 0.0813 e. The van der Waals surface area contributed by atoms with Crippen molar-refractivity contribution >= 4 is 27.2 Å². The first-order valence-electron chi connectivity index (χ1n) is 8.12. The summed E-state index contributed by atoms with van der Waals surface area (Å²) >= 11 is 1.72. The SMILES string of the molecule is CC(C)(C)C1CCCC(Nc2ccc3ncsc3c2)CC1. The molecule has 0 bridgehead atoms. The quantitative estimate of drug-likeness (QED) is 0.719. The van der Waals surface area contributed by atoms with E-state index in [0.29, 0.717) is 11.5 Å². The molecule has 0 spiro atoms. The minimum Gasteiger partial charge on any atom is -0.382 e. The van der Waals surface area contributed by atoms with E-state index in [4.69, 9.17) is 0 Å². The average molecular weight is 302 g/mol. The first-order valence-corrected chi connectivity index (χ1v) is 9.00. The van der Waals surface area contributed by atoms with Crippen molar-refractivity contribution in [3.63, 3.8) is 0 Å². The summed E-state index contributed by atoms with van der Waals surface area (Å²) in [6, 6.07) is 7.18. The fourth-order valence-electron chi connectivity index (χ4n) is 3.49. The van der Waals surface area contributed by atoms with Crippen LogP contribution in [-0.4, -0.2) is 11.0 Å². The van der Waals surface area contributed by atoms with Crippen LogP contribution in [0.5, 0.6) is 0 Å². The molecule has 3 heteroatoms. The zero-order valence-electron chi connectivity index (χ0n) is 13.4. The van der Waals surface area contributed by atoms with Gasteiger partial charge in [0.05, 0.1) is 15.7 Å². The molecule has 114 valence electrons. The summed E-state index contributed by atoms with van der Waals surface area (Å²) in [5.41, 5.74) is 4.75. The van der Waals surface area contributed by atoms with Crippen LogP contribution in [-0.2, 0) is 0 Å². The lowest BCUT2D eigenvalue weighted by Gasteiger charge is -2.29. The fourth-order valence-corrected chi connectivity index (χ4v) is 4.21. The van der Waals surface area contributed by atoms with E-state index < -0.39 is 0 Å². The monoisotopic (exact) mass is 302 g/mol. The number of nitrogens with zero attached hydrogens (tertiary/aromatic N) is 1. The van der Waals surface area contributed by atoms with Crippen LogP contribution in [0.3, 0.4) is 0 Å². The normalized spacial score (nSPS) is 24.0. The second-order valence-corrected chi connectivity index (χ2v) is 8.33. The van der Waals surface area contributed by atoms with E-state index in [1.54, 1.807) is 11.3 Å². The van der Waals surface area contributed by atoms with Crippen LogP contribution in [0.1, 0.15) is 52.9 Å². The van der Waals surface area contributed by atoms with Gasteiger partial charge in [-0.05, 0) is 55.2 Å². The molecule has 2 aromatic rings. The van der Waals surface area contributed by atoms with Crippen LogP contribution in [0.2, 0.25) is 0 Å². The number of hydrogen-bond donors (Lipinski definition) is 1. The van der Waals surface area contributed by atoms with E-state index in [-0.39, 0.29) is 0 Å². The molecule has 1 aromatic carbocycles. The molecule has 0 radical (unpaired) electrons. The second kappa shape index (κ2) is 5.96. The Morgan fingerprint density at radius 2 is 2.00 bits per heavy atom. The number of rotatable bonds is 2. The van der Waals surface area contributed by atoms with E-state index in [0.717, 1.165) is 11.4 Å². The van der Waals surface area contributed by atoms with E-state index in [1.165, 1.54) is 42.5 Å². The van der Waals surface area contributed by atoms with Crippen molar-refractivity contribution in [1.29, 1.82) is 0 Å². The molecule has 2 unspecified atom stereocenters. The summed E-state index contributed by atoms with van der Waals surface area (Å²) in [7, 11) is 0. The highest BCUT2D eigenvalue weighted by atomic mass is 32.1. The summed E-state index contributed by atoms with van der Waals surface area (Å²) in [6.07, 6.45) is 6.68. The Bertz CT molecular complexity index is 597. The number of hydrogen-bond acceptors (Lipinski definition) is 3. The first-order chi connectivity index (χ1) is 10.0. The maximum absolute atomic E-state index is 4.35. The number of benzene rings is 1. The first kappa shape index (κ1) is 14.8. The lowest BCUT2D eigenvalue weighted by atomic mass is 9.76. The molecule has 0 amide bonds. The minimum atomic E-state index is 0.455. The summed E-state index contributed by atoms with van der Waals surface area (Å²) in [5, 5.41) is 3.75. The standard InChI is InChI=1S/C18H26N2S/c1-18(2,3)13-5-4-6-14(8-7-13)20-15-9-10-16-17(11-15)21-12-19-16/h9-14,20H,4-8H2,1-3H3. The molecule has 1 aromatic heterocycles. The zero-order valence-corrected chi connectivity index (χ0v) is 14.2. The van der Waals surface area contributed by atoms with Crippen molar-refractivity contribution in [2.75, 3.05) is 5.32 Å². The largest absolute Gasteiger partial charge is 0.382 e. The van der Waals surface area contributed by atoms with E-state index in [1.807, 2.05) is 5.51 Å². The maximum Gasteiger partial charge on any atom is 0.0813 e. The molecule has 3 rings (SSSR count). The number of thiazole rings is 1.